The van der Waals surface area contributed by atoms with Crippen molar-refractivity contribution in [3.63, 3.8) is 0 Å². The van der Waals surface area contributed by atoms with Crippen LogP contribution in [0.2, 0.25) is 0 Å². The average molecular weight is 338 g/mol. The number of aliphatic imine (C=N–C) groups is 1. The molecule has 2 rings (SSSR count). The van der Waals surface area contributed by atoms with Crippen molar-refractivity contribution in [1.29, 1.82) is 0 Å². The van der Waals surface area contributed by atoms with Gasteiger partial charge >= 0.3 is 0 Å². The second-order valence-corrected chi connectivity index (χ2v) is 6.71. The summed E-state index contributed by atoms with van der Waals surface area (Å²) in [5, 5.41) is 3.37. The van der Waals surface area contributed by atoms with E-state index < -0.39 is 0 Å². The van der Waals surface area contributed by atoms with Crippen molar-refractivity contribution in [2.45, 2.75) is 58.5 Å². The zero-order valence-electron chi connectivity index (χ0n) is 15.4. The molecule has 2 aliphatic rings. The Morgan fingerprint density at radius 3 is 2.42 bits per heavy atom. The van der Waals surface area contributed by atoms with Crippen molar-refractivity contribution in [3.8, 4) is 0 Å². The highest BCUT2D eigenvalue weighted by Gasteiger charge is 2.20. The van der Waals surface area contributed by atoms with E-state index >= 15 is 0 Å². The molecule has 1 aliphatic carbocycles. The first kappa shape index (κ1) is 19.0. The minimum atomic E-state index is 0.163. The summed E-state index contributed by atoms with van der Waals surface area (Å²) in [7, 11) is 0. The fourth-order valence-electron chi connectivity index (χ4n) is 3.39. The Morgan fingerprint density at radius 1 is 1.12 bits per heavy atom. The molecule has 0 unspecified atom stereocenters. The number of rotatable bonds is 6. The molecule has 138 valence electrons. The maximum atomic E-state index is 11.4. The Labute approximate surface area is 146 Å². The molecule has 0 radical (unpaired) electrons. The van der Waals surface area contributed by atoms with Crippen LogP contribution in [0, 0.1) is 0 Å². The zero-order chi connectivity index (χ0) is 17.2. The molecule has 1 heterocycles. The van der Waals surface area contributed by atoms with Crippen LogP contribution < -0.4 is 5.32 Å². The third-order valence-electron chi connectivity index (χ3n) is 4.83. The maximum Gasteiger partial charge on any atom is 0.219 e. The van der Waals surface area contributed by atoms with E-state index in [0.717, 1.165) is 58.3 Å². The minimum absolute atomic E-state index is 0.163. The van der Waals surface area contributed by atoms with Gasteiger partial charge in [0.25, 0.3) is 0 Å². The summed E-state index contributed by atoms with van der Waals surface area (Å²) < 4.78 is 5.96. The molecule has 1 aliphatic heterocycles. The molecule has 0 bridgehead atoms. The Bertz CT molecular complexity index is 400. The lowest BCUT2D eigenvalue weighted by Gasteiger charge is -2.36. The third-order valence-corrected chi connectivity index (χ3v) is 4.83. The van der Waals surface area contributed by atoms with Gasteiger partial charge in [-0.15, -0.1) is 0 Å². The third kappa shape index (κ3) is 6.30. The highest BCUT2D eigenvalue weighted by Crippen LogP contribution is 2.20. The van der Waals surface area contributed by atoms with E-state index in [1.807, 2.05) is 4.90 Å². The van der Waals surface area contributed by atoms with Crippen LogP contribution in [0.25, 0.3) is 0 Å². The van der Waals surface area contributed by atoms with E-state index in [9.17, 15) is 4.79 Å². The number of nitrogens with zero attached hydrogens (tertiary/aromatic N) is 3. The SMILES string of the molecule is CCNC(=NCCCOC1CCCCC1)N1CCN(C(C)=O)CC1. The molecule has 2 fully saturated rings. The van der Waals surface area contributed by atoms with Crippen molar-refractivity contribution in [2.24, 2.45) is 4.99 Å². The number of hydrogen-bond acceptors (Lipinski definition) is 3. The topological polar surface area (TPSA) is 57.2 Å². The molecule has 1 saturated carbocycles. The molecular formula is C18H34N4O2. The molecule has 0 spiro atoms. The van der Waals surface area contributed by atoms with Crippen LogP contribution in [0.5, 0.6) is 0 Å². The van der Waals surface area contributed by atoms with Crippen LogP contribution in [-0.2, 0) is 9.53 Å². The maximum absolute atomic E-state index is 11.4. The Balaban J connectivity index is 1.69. The largest absolute Gasteiger partial charge is 0.378 e. The van der Waals surface area contributed by atoms with E-state index in [-0.39, 0.29) is 5.91 Å². The first-order valence-corrected chi connectivity index (χ1v) is 9.61. The quantitative estimate of drug-likeness (QED) is 0.456. The molecule has 0 aromatic heterocycles. The number of ether oxygens (including phenoxy) is 1. The number of nitrogens with one attached hydrogen (secondary N) is 1. The number of carbonyl (C=O) groups is 1. The van der Waals surface area contributed by atoms with E-state index in [1.165, 1.54) is 32.1 Å². The Kier molecular flexibility index (Phi) is 8.36. The van der Waals surface area contributed by atoms with Crippen LogP contribution >= 0.6 is 0 Å². The fraction of sp³-hybridized carbons (Fsp3) is 0.889. The molecule has 0 atom stereocenters. The van der Waals surface area contributed by atoms with Crippen LogP contribution in [0.4, 0.5) is 0 Å². The van der Waals surface area contributed by atoms with Gasteiger partial charge in [0, 0.05) is 52.8 Å². The monoisotopic (exact) mass is 338 g/mol. The van der Waals surface area contributed by atoms with Gasteiger partial charge in [0.15, 0.2) is 5.96 Å². The second-order valence-electron chi connectivity index (χ2n) is 6.71. The van der Waals surface area contributed by atoms with Gasteiger partial charge in [-0.25, -0.2) is 0 Å². The van der Waals surface area contributed by atoms with Gasteiger partial charge in [-0.2, -0.15) is 0 Å². The normalized spacial score (nSPS) is 20.3. The van der Waals surface area contributed by atoms with Crippen LogP contribution in [-0.4, -0.2) is 73.6 Å². The van der Waals surface area contributed by atoms with Gasteiger partial charge in [-0.1, -0.05) is 19.3 Å². The van der Waals surface area contributed by atoms with Gasteiger partial charge in [-0.3, -0.25) is 9.79 Å². The average Bonchev–Trinajstić information content (AvgIpc) is 2.61. The van der Waals surface area contributed by atoms with Gasteiger partial charge in [0.2, 0.25) is 5.91 Å². The second kappa shape index (κ2) is 10.5. The molecule has 0 aromatic rings. The minimum Gasteiger partial charge on any atom is -0.378 e. The summed E-state index contributed by atoms with van der Waals surface area (Å²) in [4.78, 5) is 20.3. The smallest absolute Gasteiger partial charge is 0.219 e. The summed E-state index contributed by atoms with van der Waals surface area (Å²) in [5.41, 5.74) is 0. The molecule has 1 amide bonds. The van der Waals surface area contributed by atoms with E-state index in [2.05, 4.69) is 17.1 Å². The summed E-state index contributed by atoms with van der Waals surface area (Å²) in [6.07, 6.45) is 7.92. The van der Waals surface area contributed by atoms with Crippen molar-refractivity contribution in [3.05, 3.63) is 0 Å². The van der Waals surface area contributed by atoms with Crippen LogP contribution in [0.15, 0.2) is 4.99 Å². The van der Waals surface area contributed by atoms with Crippen molar-refractivity contribution < 1.29 is 9.53 Å². The first-order chi connectivity index (χ1) is 11.7. The number of hydrogen-bond donors (Lipinski definition) is 1. The lowest BCUT2D eigenvalue weighted by molar-refractivity contribution is -0.130. The molecule has 6 nitrogen and oxygen atoms in total. The number of piperazine rings is 1. The predicted octanol–water partition coefficient (Wildman–Crippen LogP) is 1.86. The fourth-order valence-corrected chi connectivity index (χ4v) is 3.39. The van der Waals surface area contributed by atoms with Gasteiger partial charge < -0.3 is 19.9 Å². The lowest BCUT2D eigenvalue weighted by Crippen LogP contribution is -2.53. The molecule has 1 saturated heterocycles. The lowest BCUT2D eigenvalue weighted by atomic mass is 9.98. The van der Waals surface area contributed by atoms with E-state index in [4.69, 9.17) is 9.73 Å². The molecule has 1 N–H and O–H groups in total. The number of amides is 1. The van der Waals surface area contributed by atoms with E-state index in [0.29, 0.717) is 6.10 Å². The summed E-state index contributed by atoms with van der Waals surface area (Å²) >= 11 is 0. The highest BCUT2D eigenvalue weighted by molar-refractivity contribution is 5.80. The molecular weight excluding hydrogens is 304 g/mol. The number of guanidine groups is 1. The Hall–Kier alpha value is -1.30. The van der Waals surface area contributed by atoms with Crippen molar-refractivity contribution >= 4 is 11.9 Å². The number of carbonyl (C=O) groups excluding carboxylic acids is 1. The van der Waals surface area contributed by atoms with Gasteiger partial charge in [0.05, 0.1) is 6.10 Å². The summed E-state index contributed by atoms with van der Waals surface area (Å²) in [6, 6.07) is 0. The predicted molar refractivity (Wildman–Crippen MR) is 97.2 cm³/mol. The summed E-state index contributed by atoms with van der Waals surface area (Å²) in [6.45, 7) is 9.47. The van der Waals surface area contributed by atoms with E-state index in [1.54, 1.807) is 6.92 Å². The van der Waals surface area contributed by atoms with Crippen molar-refractivity contribution in [1.82, 2.24) is 15.1 Å². The van der Waals surface area contributed by atoms with Crippen molar-refractivity contribution in [2.75, 3.05) is 45.9 Å². The summed E-state index contributed by atoms with van der Waals surface area (Å²) in [5.74, 6) is 1.13. The standard InChI is InChI=1S/C18H34N4O2/c1-3-19-18(22-13-11-21(12-14-22)16(2)23)20-10-7-15-24-17-8-5-4-6-9-17/h17H,3-15H2,1-2H3,(H,19,20). The van der Waals surface area contributed by atoms with Crippen LogP contribution in [0.3, 0.4) is 0 Å². The Morgan fingerprint density at radius 2 is 1.79 bits per heavy atom. The van der Waals surface area contributed by atoms with Crippen LogP contribution in [0.1, 0.15) is 52.4 Å². The van der Waals surface area contributed by atoms with Gasteiger partial charge in [-0.05, 0) is 26.2 Å². The first-order valence-electron chi connectivity index (χ1n) is 9.61. The molecule has 24 heavy (non-hydrogen) atoms. The van der Waals surface area contributed by atoms with Gasteiger partial charge in [0.1, 0.15) is 0 Å². The molecule has 6 heteroatoms. The zero-order valence-corrected chi connectivity index (χ0v) is 15.4. The highest BCUT2D eigenvalue weighted by atomic mass is 16.5. The molecule has 0 aromatic carbocycles.